The molecule has 0 bridgehead atoms. The van der Waals surface area contributed by atoms with Crippen molar-refractivity contribution < 1.29 is 9.32 Å². The van der Waals surface area contributed by atoms with Gasteiger partial charge in [-0.2, -0.15) is 5.26 Å². The molecular formula is C13H20N4O2. The number of hydrogen-bond donors (Lipinski definition) is 1. The normalized spacial score (nSPS) is 10.7. The lowest BCUT2D eigenvalue weighted by molar-refractivity contribution is -0.117. The first-order chi connectivity index (χ1) is 9.06. The van der Waals surface area contributed by atoms with Crippen molar-refractivity contribution in [1.29, 1.82) is 5.26 Å². The number of amides is 1. The van der Waals surface area contributed by atoms with Crippen molar-refractivity contribution in [2.75, 3.05) is 25.0 Å². The number of rotatable bonds is 7. The maximum absolute atomic E-state index is 11.8. The second-order valence-corrected chi connectivity index (χ2v) is 4.69. The van der Waals surface area contributed by atoms with Crippen LogP contribution >= 0.6 is 0 Å². The van der Waals surface area contributed by atoms with Gasteiger partial charge in [-0.15, -0.1) is 0 Å². The Bertz CT molecular complexity index is 448. The maximum atomic E-state index is 11.8. The van der Waals surface area contributed by atoms with Crippen molar-refractivity contribution in [2.24, 2.45) is 0 Å². The Hall–Kier alpha value is -1.87. The lowest BCUT2D eigenvalue weighted by atomic mass is 10.1. The van der Waals surface area contributed by atoms with Crippen molar-refractivity contribution in [3.63, 3.8) is 0 Å². The van der Waals surface area contributed by atoms with Gasteiger partial charge in [0.2, 0.25) is 11.8 Å². The summed E-state index contributed by atoms with van der Waals surface area (Å²) >= 11 is 0. The highest BCUT2D eigenvalue weighted by molar-refractivity contribution is 5.91. The summed E-state index contributed by atoms with van der Waals surface area (Å²) in [6.07, 6.45) is 0.898. The van der Waals surface area contributed by atoms with Crippen LogP contribution in [0.3, 0.4) is 0 Å². The van der Waals surface area contributed by atoms with Crippen LogP contribution in [0.25, 0.3) is 0 Å². The standard InChI is InChI=1S/C13H20N4O2/c1-4-6-17(7-5-14)9-12(18)15-13-8-11(10(2)3)16-19-13/h8,10H,4,6-7,9H2,1-3H3,(H,15,18). The van der Waals surface area contributed by atoms with Crippen LogP contribution in [-0.2, 0) is 4.79 Å². The molecule has 0 aliphatic carbocycles. The molecule has 0 spiro atoms. The van der Waals surface area contributed by atoms with Gasteiger partial charge < -0.3 is 4.52 Å². The number of nitrogens with one attached hydrogen (secondary N) is 1. The van der Waals surface area contributed by atoms with E-state index in [2.05, 4.69) is 16.5 Å². The molecular weight excluding hydrogens is 244 g/mol. The first kappa shape index (κ1) is 15.2. The number of carbonyl (C=O) groups excluding carboxylic acids is 1. The Balaban J connectivity index is 2.51. The minimum absolute atomic E-state index is 0.180. The Labute approximate surface area is 113 Å². The first-order valence-electron chi connectivity index (χ1n) is 6.42. The van der Waals surface area contributed by atoms with E-state index in [1.165, 1.54) is 0 Å². The SMILES string of the molecule is CCCN(CC#N)CC(=O)Nc1cc(C(C)C)no1. The molecule has 1 rings (SSSR count). The van der Waals surface area contributed by atoms with E-state index < -0.39 is 0 Å². The molecule has 6 heteroatoms. The number of aromatic nitrogens is 1. The fraction of sp³-hybridized carbons (Fsp3) is 0.615. The third-order valence-corrected chi connectivity index (χ3v) is 2.58. The van der Waals surface area contributed by atoms with E-state index in [0.29, 0.717) is 12.4 Å². The summed E-state index contributed by atoms with van der Waals surface area (Å²) in [7, 11) is 0. The van der Waals surface area contributed by atoms with Crippen molar-refractivity contribution >= 4 is 11.8 Å². The Morgan fingerprint density at radius 3 is 2.89 bits per heavy atom. The molecule has 0 unspecified atom stereocenters. The summed E-state index contributed by atoms with van der Waals surface area (Å²) < 4.78 is 5.03. The summed E-state index contributed by atoms with van der Waals surface area (Å²) in [4.78, 5) is 13.6. The maximum Gasteiger partial charge on any atom is 0.240 e. The number of carbonyl (C=O) groups is 1. The van der Waals surface area contributed by atoms with Crippen LogP contribution in [0.15, 0.2) is 10.6 Å². The van der Waals surface area contributed by atoms with Gasteiger partial charge in [0, 0.05) is 6.07 Å². The van der Waals surface area contributed by atoms with Gasteiger partial charge in [-0.25, -0.2) is 0 Å². The zero-order chi connectivity index (χ0) is 14.3. The third-order valence-electron chi connectivity index (χ3n) is 2.58. The lowest BCUT2D eigenvalue weighted by Crippen LogP contribution is -2.34. The van der Waals surface area contributed by atoms with Crippen LogP contribution in [0.1, 0.15) is 38.8 Å². The number of hydrogen-bond acceptors (Lipinski definition) is 5. The lowest BCUT2D eigenvalue weighted by Gasteiger charge is -2.16. The van der Waals surface area contributed by atoms with E-state index in [-0.39, 0.29) is 24.9 Å². The van der Waals surface area contributed by atoms with Gasteiger partial charge in [0.25, 0.3) is 0 Å². The van der Waals surface area contributed by atoms with Crippen LogP contribution in [-0.4, -0.2) is 35.6 Å². The fourth-order valence-electron chi connectivity index (χ4n) is 1.63. The average Bonchev–Trinajstić information content (AvgIpc) is 2.78. The van der Waals surface area contributed by atoms with Crippen molar-refractivity contribution in [3.05, 3.63) is 11.8 Å². The monoisotopic (exact) mass is 264 g/mol. The molecule has 19 heavy (non-hydrogen) atoms. The molecule has 0 saturated carbocycles. The van der Waals surface area contributed by atoms with Crippen LogP contribution in [0.4, 0.5) is 5.88 Å². The molecule has 0 fully saturated rings. The Morgan fingerprint density at radius 1 is 1.63 bits per heavy atom. The molecule has 1 heterocycles. The largest absolute Gasteiger partial charge is 0.338 e. The van der Waals surface area contributed by atoms with Crippen molar-refractivity contribution in [2.45, 2.75) is 33.1 Å². The van der Waals surface area contributed by atoms with Crippen LogP contribution in [0, 0.1) is 11.3 Å². The Kier molecular flexibility index (Phi) is 6.03. The summed E-state index contributed by atoms with van der Waals surface area (Å²) in [6, 6.07) is 3.77. The van der Waals surface area contributed by atoms with Crippen LogP contribution in [0.2, 0.25) is 0 Å². The zero-order valence-electron chi connectivity index (χ0n) is 11.6. The molecule has 0 radical (unpaired) electrons. The molecule has 0 aliphatic rings. The van der Waals surface area contributed by atoms with Gasteiger partial charge in [0.05, 0.1) is 24.9 Å². The second-order valence-electron chi connectivity index (χ2n) is 4.69. The topological polar surface area (TPSA) is 82.2 Å². The smallest absolute Gasteiger partial charge is 0.240 e. The molecule has 0 aliphatic heterocycles. The molecule has 1 amide bonds. The zero-order valence-corrected chi connectivity index (χ0v) is 11.6. The predicted octanol–water partition coefficient (Wildman–Crippen LogP) is 1.97. The van der Waals surface area contributed by atoms with Gasteiger partial charge in [-0.05, 0) is 18.9 Å². The molecule has 1 N–H and O–H groups in total. The highest BCUT2D eigenvalue weighted by atomic mass is 16.5. The van der Waals surface area contributed by atoms with E-state index >= 15 is 0 Å². The molecule has 0 saturated heterocycles. The average molecular weight is 264 g/mol. The first-order valence-corrected chi connectivity index (χ1v) is 6.42. The fourth-order valence-corrected chi connectivity index (χ4v) is 1.63. The molecule has 6 nitrogen and oxygen atoms in total. The molecule has 1 aromatic rings. The van der Waals surface area contributed by atoms with Gasteiger partial charge in [0.15, 0.2) is 0 Å². The van der Waals surface area contributed by atoms with E-state index in [1.807, 2.05) is 20.8 Å². The minimum Gasteiger partial charge on any atom is -0.338 e. The van der Waals surface area contributed by atoms with Gasteiger partial charge in [-0.3, -0.25) is 15.0 Å². The summed E-state index contributed by atoms with van der Waals surface area (Å²) in [5.74, 6) is 0.404. The highest BCUT2D eigenvalue weighted by Gasteiger charge is 2.13. The number of nitriles is 1. The molecule has 0 aromatic carbocycles. The van der Waals surface area contributed by atoms with E-state index in [1.54, 1.807) is 11.0 Å². The summed E-state index contributed by atoms with van der Waals surface area (Å²) in [5, 5.41) is 15.2. The highest BCUT2D eigenvalue weighted by Crippen LogP contribution is 2.17. The molecule has 104 valence electrons. The van der Waals surface area contributed by atoms with E-state index in [4.69, 9.17) is 9.78 Å². The van der Waals surface area contributed by atoms with Gasteiger partial charge in [0.1, 0.15) is 0 Å². The van der Waals surface area contributed by atoms with Crippen molar-refractivity contribution in [3.8, 4) is 6.07 Å². The molecule has 0 atom stereocenters. The van der Waals surface area contributed by atoms with Gasteiger partial charge in [-0.1, -0.05) is 25.9 Å². The van der Waals surface area contributed by atoms with Crippen LogP contribution in [0.5, 0.6) is 0 Å². The van der Waals surface area contributed by atoms with Crippen LogP contribution < -0.4 is 5.32 Å². The predicted molar refractivity (Wildman–Crippen MR) is 71.6 cm³/mol. The van der Waals surface area contributed by atoms with Gasteiger partial charge >= 0.3 is 0 Å². The number of nitrogens with zero attached hydrogens (tertiary/aromatic N) is 3. The molecule has 1 aromatic heterocycles. The van der Waals surface area contributed by atoms with E-state index in [9.17, 15) is 4.79 Å². The quantitative estimate of drug-likeness (QED) is 0.761. The summed E-state index contributed by atoms with van der Waals surface area (Å²) in [5.41, 5.74) is 0.803. The third kappa shape index (κ3) is 5.10. The van der Waals surface area contributed by atoms with Crippen molar-refractivity contribution in [1.82, 2.24) is 10.1 Å². The van der Waals surface area contributed by atoms with E-state index in [0.717, 1.165) is 12.1 Å². The summed E-state index contributed by atoms with van der Waals surface area (Å²) in [6.45, 7) is 7.15. The number of anilines is 1. The minimum atomic E-state index is -0.199. The Morgan fingerprint density at radius 2 is 2.37 bits per heavy atom. The second kappa shape index (κ2) is 7.54.